The van der Waals surface area contributed by atoms with Crippen LogP contribution in [0.2, 0.25) is 0 Å². The normalized spacial score (nSPS) is 12.6. The average molecular weight is 209 g/mol. The van der Waals surface area contributed by atoms with Gasteiger partial charge in [-0.25, -0.2) is 0 Å². The van der Waals surface area contributed by atoms with Crippen molar-refractivity contribution < 1.29 is 4.92 Å². The Bertz CT molecular complexity index is 462. The van der Waals surface area contributed by atoms with E-state index in [1.165, 1.54) is 17.1 Å². The first-order valence-corrected chi connectivity index (χ1v) is 4.10. The van der Waals surface area contributed by atoms with Crippen molar-refractivity contribution in [2.24, 2.45) is 0 Å². The molecule has 0 saturated heterocycles. The standard InChI is InChI=1S/C6H7N7O2/c1-4(6-8-10-11-9-6)12-3-5(2-7-12)13(14)15/h2-4H,1H3,(H,8,9,10,11). The molecule has 2 rings (SSSR count). The third kappa shape index (κ3) is 1.66. The van der Waals surface area contributed by atoms with Crippen LogP contribution in [0.5, 0.6) is 0 Å². The molecule has 0 aliphatic rings. The van der Waals surface area contributed by atoms with Crippen LogP contribution in [0.25, 0.3) is 0 Å². The Morgan fingerprint density at radius 3 is 3.00 bits per heavy atom. The summed E-state index contributed by atoms with van der Waals surface area (Å²) in [4.78, 5) is 9.92. The first-order valence-electron chi connectivity index (χ1n) is 4.10. The van der Waals surface area contributed by atoms with Gasteiger partial charge in [0.2, 0.25) is 0 Å². The Kier molecular flexibility index (Phi) is 2.12. The van der Waals surface area contributed by atoms with Gasteiger partial charge in [-0.2, -0.15) is 10.3 Å². The van der Waals surface area contributed by atoms with Gasteiger partial charge >= 0.3 is 5.69 Å². The molecule has 0 fully saturated rings. The molecule has 15 heavy (non-hydrogen) atoms. The topological polar surface area (TPSA) is 115 Å². The van der Waals surface area contributed by atoms with Gasteiger partial charge in [-0.1, -0.05) is 5.21 Å². The molecular weight excluding hydrogens is 202 g/mol. The van der Waals surface area contributed by atoms with Crippen LogP contribution in [0.15, 0.2) is 12.4 Å². The molecule has 2 aromatic heterocycles. The third-order valence-corrected chi connectivity index (χ3v) is 1.93. The number of nitrogens with zero attached hydrogens (tertiary/aromatic N) is 6. The first kappa shape index (κ1) is 9.24. The Hall–Kier alpha value is -2.32. The molecule has 0 bridgehead atoms. The van der Waals surface area contributed by atoms with Gasteiger partial charge in [0.05, 0.1) is 4.92 Å². The fourth-order valence-corrected chi connectivity index (χ4v) is 1.10. The molecule has 0 aliphatic heterocycles. The smallest absolute Gasteiger partial charge is 0.258 e. The van der Waals surface area contributed by atoms with Crippen molar-refractivity contribution in [1.29, 1.82) is 0 Å². The quantitative estimate of drug-likeness (QED) is 0.558. The maximum atomic E-state index is 10.4. The van der Waals surface area contributed by atoms with Gasteiger partial charge in [0, 0.05) is 0 Å². The third-order valence-electron chi connectivity index (χ3n) is 1.93. The zero-order valence-corrected chi connectivity index (χ0v) is 7.73. The Morgan fingerprint density at radius 2 is 2.47 bits per heavy atom. The number of H-pyrrole nitrogens is 1. The van der Waals surface area contributed by atoms with Gasteiger partial charge in [0.25, 0.3) is 0 Å². The van der Waals surface area contributed by atoms with Crippen molar-refractivity contribution >= 4 is 5.69 Å². The van der Waals surface area contributed by atoms with Crippen molar-refractivity contribution in [3.05, 3.63) is 28.3 Å². The van der Waals surface area contributed by atoms with Crippen molar-refractivity contribution in [1.82, 2.24) is 30.4 Å². The summed E-state index contributed by atoms with van der Waals surface area (Å²) in [7, 11) is 0. The minimum atomic E-state index is -0.507. The fraction of sp³-hybridized carbons (Fsp3) is 0.333. The minimum Gasteiger partial charge on any atom is -0.258 e. The molecule has 1 atom stereocenters. The number of aromatic amines is 1. The van der Waals surface area contributed by atoms with Crippen LogP contribution >= 0.6 is 0 Å². The van der Waals surface area contributed by atoms with E-state index in [1.807, 2.05) is 0 Å². The molecule has 0 spiro atoms. The van der Waals surface area contributed by atoms with Gasteiger partial charge in [-0.05, 0) is 6.92 Å². The summed E-state index contributed by atoms with van der Waals surface area (Å²) in [5.41, 5.74) is -0.0645. The van der Waals surface area contributed by atoms with E-state index in [0.717, 1.165) is 0 Å². The van der Waals surface area contributed by atoms with E-state index in [2.05, 4.69) is 25.7 Å². The number of nitrogens with one attached hydrogen (secondary N) is 1. The van der Waals surface area contributed by atoms with Crippen LogP contribution in [0.1, 0.15) is 18.8 Å². The Labute approximate surface area is 83.3 Å². The first-order chi connectivity index (χ1) is 7.18. The largest absolute Gasteiger partial charge is 0.307 e. The van der Waals surface area contributed by atoms with Gasteiger partial charge in [0.1, 0.15) is 18.4 Å². The predicted octanol–water partition coefficient (Wildman–Crippen LogP) is -0.0863. The zero-order valence-electron chi connectivity index (χ0n) is 7.73. The van der Waals surface area contributed by atoms with Crippen molar-refractivity contribution in [2.45, 2.75) is 13.0 Å². The lowest BCUT2D eigenvalue weighted by Crippen LogP contribution is -2.09. The highest BCUT2D eigenvalue weighted by atomic mass is 16.6. The maximum Gasteiger partial charge on any atom is 0.307 e. The second-order valence-corrected chi connectivity index (χ2v) is 2.88. The molecule has 0 aromatic carbocycles. The molecule has 2 heterocycles. The number of hydrogen-bond acceptors (Lipinski definition) is 6. The highest BCUT2D eigenvalue weighted by Gasteiger charge is 2.16. The van der Waals surface area contributed by atoms with Crippen LogP contribution < -0.4 is 0 Å². The molecule has 0 radical (unpaired) electrons. The highest BCUT2D eigenvalue weighted by Crippen LogP contribution is 2.15. The Balaban J connectivity index is 2.26. The summed E-state index contributed by atoms with van der Waals surface area (Å²) < 4.78 is 1.41. The summed E-state index contributed by atoms with van der Waals surface area (Å²) in [6.45, 7) is 1.77. The number of aromatic nitrogens is 6. The van der Waals surface area contributed by atoms with E-state index in [-0.39, 0.29) is 11.7 Å². The Morgan fingerprint density at radius 1 is 1.67 bits per heavy atom. The molecule has 78 valence electrons. The van der Waals surface area contributed by atoms with E-state index >= 15 is 0 Å². The van der Waals surface area contributed by atoms with E-state index < -0.39 is 4.92 Å². The molecule has 0 amide bonds. The zero-order chi connectivity index (χ0) is 10.8. The van der Waals surface area contributed by atoms with Crippen LogP contribution in [-0.2, 0) is 0 Å². The number of nitro groups is 1. The molecule has 0 aliphatic carbocycles. The van der Waals surface area contributed by atoms with Gasteiger partial charge in [-0.15, -0.1) is 10.2 Å². The average Bonchev–Trinajstić information content (AvgIpc) is 2.88. The summed E-state index contributed by atoms with van der Waals surface area (Å²) >= 11 is 0. The fourth-order valence-electron chi connectivity index (χ4n) is 1.10. The SMILES string of the molecule is CC(c1nn[nH]n1)n1cc([N+](=O)[O-])cn1. The van der Waals surface area contributed by atoms with Crippen LogP contribution in [0.4, 0.5) is 5.69 Å². The molecule has 0 saturated carbocycles. The second kappa shape index (κ2) is 3.44. The van der Waals surface area contributed by atoms with Crippen molar-refractivity contribution in [2.75, 3.05) is 0 Å². The van der Waals surface area contributed by atoms with E-state index in [1.54, 1.807) is 6.92 Å². The molecule has 9 nitrogen and oxygen atoms in total. The van der Waals surface area contributed by atoms with Crippen molar-refractivity contribution in [3.8, 4) is 0 Å². The second-order valence-electron chi connectivity index (χ2n) is 2.88. The lowest BCUT2D eigenvalue weighted by Gasteiger charge is -2.04. The van der Waals surface area contributed by atoms with Crippen LogP contribution in [0.3, 0.4) is 0 Å². The minimum absolute atomic E-state index is 0.0645. The molecule has 9 heteroatoms. The molecule has 1 unspecified atom stereocenters. The summed E-state index contributed by atoms with van der Waals surface area (Å²) in [5, 5.41) is 27.5. The predicted molar refractivity (Wildman–Crippen MR) is 46.9 cm³/mol. The molecule has 1 N–H and O–H groups in total. The number of rotatable bonds is 3. The van der Waals surface area contributed by atoms with Gasteiger partial charge < -0.3 is 0 Å². The van der Waals surface area contributed by atoms with Crippen LogP contribution in [0, 0.1) is 10.1 Å². The lowest BCUT2D eigenvalue weighted by atomic mass is 10.3. The van der Waals surface area contributed by atoms with E-state index in [0.29, 0.717) is 5.82 Å². The van der Waals surface area contributed by atoms with E-state index in [9.17, 15) is 10.1 Å². The number of tetrazole rings is 1. The lowest BCUT2D eigenvalue weighted by molar-refractivity contribution is -0.385. The van der Waals surface area contributed by atoms with Gasteiger partial charge in [0.15, 0.2) is 5.82 Å². The van der Waals surface area contributed by atoms with Crippen molar-refractivity contribution in [3.63, 3.8) is 0 Å². The summed E-state index contributed by atoms with van der Waals surface area (Å²) in [6.07, 6.45) is 2.50. The highest BCUT2D eigenvalue weighted by molar-refractivity contribution is 5.21. The monoisotopic (exact) mass is 209 g/mol. The maximum absolute atomic E-state index is 10.4. The van der Waals surface area contributed by atoms with E-state index in [4.69, 9.17) is 0 Å². The van der Waals surface area contributed by atoms with Crippen LogP contribution in [-0.4, -0.2) is 35.3 Å². The van der Waals surface area contributed by atoms with Gasteiger partial charge in [-0.3, -0.25) is 14.8 Å². The molecule has 2 aromatic rings. The molecular formula is C6H7N7O2. The summed E-state index contributed by atoms with van der Waals surface area (Å²) in [6, 6.07) is -0.294. The summed E-state index contributed by atoms with van der Waals surface area (Å²) in [5.74, 6) is 0.424. The number of hydrogen-bond donors (Lipinski definition) is 1.